The highest BCUT2D eigenvalue weighted by Gasteiger charge is 2.31. The third-order valence-electron chi connectivity index (χ3n) is 6.99. The van der Waals surface area contributed by atoms with E-state index in [9.17, 15) is 4.79 Å². The van der Waals surface area contributed by atoms with E-state index in [1.807, 2.05) is 35.0 Å². The van der Waals surface area contributed by atoms with Crippen LogP contribution in [0.1, 0.15) is 53.9 Å². The summed E-state index contributed by atoms with van der Waals surface area (Å²) < 4.78 is 7.67. The summed E-state index contributed by atoms with van der Waals surface area (Å²) in [6.07, 6.45) is 2.12. The number of fused-ring (bicyclic) bond motifs is 1. The van der Waals surface area contributed by atoms with Crippen LogP contribution in [0.4, 0.5) is 0 Å². The van der Waals surface area contributed by atoms with Crippen molar-refractivity contribution in [1.29, 1.82) is 0 Å². The van der Waals surface area contributed by atoms with Gasteiger partial charge in [0.15, 0.2) is 5.82 Å². The van der Waals surface area contributed by atoms with E-state index in [1.54, 1.807) is 0 Å². The first kappa shape index (κ1) is 23.4. The van der Waals surface area contributed by atoms with Crippen LogP contribution in [0.2, 0.25) is 0 Å². The zero-order chi connectivity index (χ0) is 24.4. The molecule has 2 atom stereocenters. The van der Waals surface area contributed by atoms with Crippen molar-refractivity contribution in [2.45, 2.75) is 58.8 Å². The van der Waals surface area contributed by atoms with Crippen molar-refractivity contribution in [1.82, 2.24) is 30.1 Å². The Hall–Kier alpha value is -3.36. The standard InChI is InChI=1S/C27H32N6O2/c1-4-32(16-20-9-6-5-7-10-20)25(26-29-30-31-33(26)17-22-11-8-12-35-22)23-15-21-13-18(2)19(3)14-24(21)28-27(23)34/h5-7,9-10,13-15,22,25H,4,8,11-12,16-17H2,1-3H3,(H,28,34)/t22-,25+/m0/s1. The fraction of sp³-hybridized carbons (Fsp3) is 0.407. The van der Waals surface area contributed by atoms with Crippen LogP contribution < -0.4 is 5.56 Å². The summed E-state index contributed by atoms with van der Waals surface area (Å²) in [5, 5.41) is 13.8. The molecule has 8 nitrogen and oxygen atoms in total. The van der Waals surface area contributed by atoms with Crippen molar-refractivity contribution < 1.29 is 4.74 Å². The van der Waals surface area contributed by atoms with E-state index in [2.05, 4.69) is 64.4 Å². The molecule has 1 aliphatic heterocycles. The summed E-state index contributed by atoms with van der Waals surface area (Å²) in [4.78, 5) is 18.9. The van der Waals surface area contributed by atoms with Crippen LogP contribution in [0.15, 0.2) is 53.3 Å². The summed E-state index contributed by atoms with van der Waals surface area (Å²) in [5.74, 6) is 0.659. The van der Waals surface area contributed by atoms with Gasteiger partial charge < -0.3 is 9.72 Å². The second-order valence-corrected chi connectivity index (χ2v) is 9.38. The van der Waals surface area contributed by atoms with Gasteiger partial charge in [0.25, 0.3) is 5.56 Å². The average Bonchev–Trinajstić information content (AvgIpc) is 3.54. The third-order valence-corrected chi connectivity index (χ3v) is 6.99. The molecule has 8 heteroatoms. The van der Waals surface area contributed by atoms with E-state index in [0.29, 0.717) is 24.5 Å². The summed E-state index contributed by atoms with van der Waals surface area (Å²) in [6.45, 7) is 8.98. The number of rotatable bonds is 8. The number of H-pyrrole nitrogens is 1. The van der Waals surface area contributed by atoms with Gasteiger partial charge in [-0.3, -0.25) is 9.69 Å². The van der Waals surface area contributed by atoms with Gasteiger partial charge in [0.1, 0.15) is 6.04 Å². The first-order valence-corrected chi connectivity index (χ1v) is 12.3. The first-order valence-electron chi connectivity index (χ1n) is 12.3. The Balaban J connectivity index is 1.63. The highest BCUT2D eigenvalue weighted by Crippen LogP contribution is 2.29. The molecule has 0 bridgehead atoms. The van der Waals surface area contributed by atoms with Gasteiger partial charge >= 0.3 is 0 Å². The van der Waals surface area contributed by atoms with Crippen LogP contribution in [-0.2, 0) is 17.8 Å². The van der Waals surface area contributed by atoms with Gasteiger partial charge in [-0.15, -0.1) is 5.10 Å². The quantitative estimate of drug-likeness (QED) is 0.418. The largest absolute Gasteiger partial charge is 0.376 e. The van der Waals surface area contributed by atoms with E-state index in [0.717, 1.165) is 42.5 Å². The number of hydrogen-bond donors (Lipinski definition) is 1. The minimum absolute atomic E-state index is 0.0858. The molecule has 182 valence electrons. The van der Waals surface area contributed by atoms with Gasteiger partial charge in [0.05, 0.1) is 12.6 Å². The fourth-order valence-corrected chi connectivity index (χ4v) is 4.92. The molecular formula is C27H32N6O2. The molecule has 2 aromatic heterocycles. The monoisotopic (exact) mass is 472 g/mol. The number of aromatic nitrogens is 5. The van der Waals surface area contributed by atoms with E-state index in [4.69, 9.17) is 4.74 Å². The SMILES string of the molecule is CCN(Cc1ccccc1)[C@H](c1cc2cc(C)c(C)cc2[nH]c1=O)c1nnnn1C[C@@H]1CCCO1. The van der Waals surface area contributed by atoms with E-state index < -0.39 is 6.04 Å². The second kappa shape index (κ2) is 10.1. The van der Waals surface area contributed by atoms with E-state index >= 15 is 0 Å². The smallest absolute Gasteiger partial charge is 0.253 e. The number of benzene rings is 2. The van der Waals surface area contributed by atoms with Crippen LogP contribution in [-0.4, -0.2) is 49.3 Å². The van der Waals surface area contributed by atoms with Crippen LogP contribution in [0.3, 0.4) is 0 Å². The van der Waals surface area contributed by atoms with Gasteiger partial charge in [0.2, 0.25) is 0 Å². The molecule has 5 rings (SSSR count). The number of hydrogen-bond acceptors (Lipinski definition) is 6. The molecular weight excluding hydrogens is 440 g/mol. The predicted octanol–water partition coefficient (Wildman–Crippen LogP) is 3.92. The predicted molar refractivity (Wildman–Crippen MR) is 135 cm³/mol. The lowest BCUT2D eigenvalue weighted by atomic mass is 10.00. The Morgan fingerprint density at radius 1 is 1.17 bits per heavy atom. The van der Waals surface area contributed by atoms with Crippen molar-refractivity contribution in [3.8, 4) is 0 Å². The lowest BCUT2D eigenvalue weighted by Crippen LogP contribution is -2.35. The van der Waals surface area contributed by atoms with Gasteiger partial charge in [-0.25, -0.2) is 4.68 Å². The average molecular weight is 473 g/mol. The Morgan fingerprint density at radius 3 is 2.71 bits per heavy atom. The molecule has 0 unspecified atom stereocenters. The summed E-state index contributed by atoms with van der Waals surface area (Å²) >= 11 is 0. The van der Waals surface area contributed by atoms with E-state index in [1.165, 1.54) is 11.1 Å². The summed E-state index contributed by atoms with van der Waals surface area (Å²) in [5.41, 5.74) is 4.86. The number of nitrogens with zero attached hydrogens (tertiary/aromatic N) is 5. The van der Waals surface area contributed by atoms with Crippen molar-refractivity contribution in [3.05, 3.63) is 87.0 Å². The van der Waals surface area contributed by atoms with Crippen LogP contribution in [0.5, 0.6) is 0 Å². The molecule has 35 heavy (non-hydrogen) atoms. The topological polar surface area (TPSA) is 88.9 Å². The number of ether oxygens (including phenoxy) is 1. The van der Waals surface area contributed by atoms with Crippen LogP contribution >= 0.6 is 0 Å². The van der Waals surface area contributed by atoms with Crippen LogP contribution in [0, 0.1) is 13.8 Å². The normalized spacial score (nSPS) is 16.9. The fourth-order valence-electron chi connectivity index (χ4n) is 4.92. The van der Waals surface area contributed by atoms with Crippen molar-refractivity contribution in [2.75, 3.05) is 13.2 Å². The molecule has 1 fully saturated rings. The molecule has 0 saturated carbocycles. The Bertz CT molecular complexity index is 1360. The van der Waals surface area contributed by atoms with E-state index in [-0.39, 0.29) is 11.7 Å². The zero-order valence-corrected chi connectivity index (χ0v) is 20.6. The lowest BCUT2D eigenvalue weighted by molar-refractivity contribution is 0.0907. The molecule has 1 N–H and O–H groups in total. The Labute approximate surface area is 204 Å². The number of nitrogens with one attached hydrogen (secondary N) is 1. The first-order chi connectivity index (χ1) is 17.0. The number of tetrazole rings is 1. The highest BCUT2D eigenvalue weighted by atomic mass is 16.5. The molecule has 4 aromatic rings. The minimum atomic E-state index is -0.411. The third kappa shape index (κ3) is 4.90. The second-order valence-electron chi connectivity index (χ2n) is 9.38. The molecule has 1 saturated heterocycles. The lowest BCUT2D eigenvalue weighted by Gasteiger charge is -2.30. The van der Waals surface area contributed by atoms with Crippen molar-refractivity contribution in [2.24, 2.45) is 0 Å². The van der Waals surface area contributed by atoms with Crippen molar-refractivity contribution in [3.63, 3.8) is 0 Å². The maximum absolute atomic E-state index is 13.5. The molecule has 1 aliphatic rings. The maximum atomic E-state index is 13.5. The zero-order valence-electron chi connectivity index (χ0n) is 20.6. The Morgan fingerprint density at radius 2 is 1.97 bits per heavy atom. The van der Waals surface area contributed by atoms with Gasteiger partial charge in [-0.05, 0) is 83.9 Å². The highest BCUT2D eigenvalue weighted by molar-refractivity contribution is 5.81. The maximum Gasteiger partial charge on any atom is 0.253 e. The summed E-state index contributed by atoms with van der Waals surface area (Å²) in [7, 11) is 0. The molecule has 3 heterocycles. The molecule has 0 aliphatic carbocycles. The molecule has 2 aromatic carbocycles. The molecule has 0 amide bonds. The number of aromatic amines is 1. The van der Waals surface area contributed by atoms with Gasteiger partial charge in [0, 0.05) is 24.2 Å². The Kier molecular flexibility index (Phi) is 6.74. The van der Waals surface area contributed by atoms with Gasteiger partial charge in [-0.2, -0.15) is 0 Å². The minimum Gasteiger partial charge on any atom is -0.376 e. The number of aryl methyl sites for hydroxylation is 2. The van der Waals surface area contributed by atoms with Crippen LogP contribution in [0.25, 0.3) is 10.9 Å². The molecule has 0 radical (unpaired) electrons. The molecule has 0 spiro atoms. The van der Waals surface area contributed by atoms with Gasteiger partial charge in [-0.1, -0.05) is 37.3 Å². The number of pyridine rings is 1. The summed E-state index contributed by atoms with van der Waals surface area (Å²) in [6, 6.07) is 16.0. The van der Waals surface area contributed by atoms with Crippen molar-refractivity contribution >= 4 is 10.9 Å².